The monoisotopic (exact) mass is 513 g/mol. The minimum absolute atomic E-state index is 0.00101. The number of nitrogens with one attached hydrogen (secondary N) is 2. The lowest BCUT2D eigenvalue weighted by atomic mass is 9.88. The maximum atomic E-state index is 11.8. The van der Waals surface area contributed by atoms with Crippen LogP contribution in [0.25, 0.3) is 0 Å². The molecule has 2 aromatic rings. The van der Waals surface area contributed by atoms with Gasteiger partial charge in [0, 0.05) is 31.5 Å². The average Bonchev–Trinajstić information content (AvgIpc) is 2.76. The van der Waals surface area contributed by atoms with Gasteiger partial charge in [-0.15, -0.1) is 0 Å². The van der Waals surface area contributed by atoms with E-state index in [0.29, 0.717) is 18.5 Å². The van der Waals surface area contributed by atoms with Crippen molar-refractivity contribution in [3.05, 3.63) is 63.1 Å². The number of aliphatic hydroxyl groups is 1. The predicted molar refractivity (Wildman–Crippen MR) is 132 cm³/mol. The Morgan fingerprint density at radius 2 is 2.09 bits per heavy atom. The molecule has 3 rings (SSSR count). The van der Waals surface area contributed by atoms with Gasteiger partial charge in [0.05, 0.1) is 28.3 Å². The van der Waals surface area contributed by atoms with Crippen LogP contribution < -0.4 is 15.4 Å². The molecule has 176 valence electrons. The molecule has 0 bridgehead atoms. The highest BCUT2D eigenvalue weighted by Gasteiger charge is 2.35. The van der Waals surface area contributed by atoms with E-state index < -0.39 is 12.1 Å². The number of aliphatic hydroxyl groups excluding tert-OH is 1. The second kappa shape index (κ2) is 10.7. The number of benzene rings is 2. The van der Waals surface area contributed by atoms with Crippen LogP contribution >= 0.6 is 15.9 Å². The zero-order chi connectivity index (χ0) is 24.2. The maximum Gasteiger partial charge on any atom is 0.217 e. The van der Waals surface area contributed by atoms with Gasteiger partial charge < -0.3 is 20.5 Å². The van der Waals surface area contributed by atoms with E-state index in [4.69, 9.17) is 10.00 Å². The van der Waals surface area contributed by atoms with Gasteiger partial charge in [0.15, 0.2) is 0 Å². The zero-order valence-electron chi connectivity index (χ0n) is 19.6. The number of hydrogen-bond donors (Lipinski definition) is 3. The fraction of sp³-hybridized carbons (Fsp3) is 0.462. The second-order valence-corrected chi connectivity index (χ2v) is 10.1. The summed E-state index contributed by atoms with van der Waals surface area (Å²) in [6, 6.07) is 13.1. The van der Waals surface area contributed by atoms with Gasteiger partial charge in [-0.05, 0) is 71.9 Å². The fourth-order valence-electron chi connectivity index (χ4n) is 4.32. The van der Waals surface area contributed by atoms with E-state index >= 15 is 0 Å². The van der Waals surface area contributed by atoms with Crippen molar-refractivity contribution in [1.82, 2.24) is 10.6 Å². The third kappa shape index (κ3) is 6.57. The molecular weight excluding hydrogens is 482 g/mol. The molecule has 0 fully saturated rings. The first-order chi connectivity index (χ1) is 15.6. The minimum atomic E-state index is -0.813. The van der Waals surface area contributed by atoms with Gasteiger partial charge in [0.1, 0.15) is 11.4 Å². The number of carbonyl (C=O) groups is 1. The van der Waals surface area contributed by atoms with Gasteiger partial charge in [-0.25, -0.2) is 0 Å². The minimum Gasteiger partial charge on any atom is -0.486 e. The average molecular weight is 514 g/mol. The zero-order valence-corrected chi connectivity index (χ0v) is 21.2. The Hall–Kier alpha value is -2.40. The number of ether oxygens (including phenoxy) is 1. The van der Waals surface area contributed by atoms with Crippen LogP contribution in [0.15, 0.2) is 40.9 Å². The van der Waals surface area contributed by atoms with Crippen molar-refractivity contribution in [3.8, 4) is 11.8 Å². The van der Waals surface area contributed by atoms with Gasteiger partial charge in [-0.2, -0.15) is 5.26 Å². The summed E-state index contributed by atoms with van der Waals surface area (Å²) >= 11 is 3.66. The summed E-state index contributed by atoms with van der Waals surface area (Å²) < 4.78 is 7.19. The van der Waals surface area contributed by atoms with E-state index in [1.165, 1.54) is 12.5 Å². The van der Waals surface area contributed by atoms with E-state index in [2.05, 4.69) is 65.5 Å². The fourth-order valence-corrected chi connectivity index (χ4v) is 4.92. The van der Waals surface area contributed by atoms with Crippen LogP contribution in [0, 0.1) is 11.3 Å². The lowest BCUT2D eigenvalue weighted by molar-refractivity contribution is -0.120. The number of hydrogen-bond acceptors (Lipinski definition) is 5. The van der Waals surface area contributed by atoms with Crippen molar-refractivity contribution in [3.63, 3.8) is 0 Å². The summed E-state index contributed by atoms with van der Waals surface area (Å²) in [6.45, 7) is 7.98. The Kier molecular flexibility index (Phi) is 8.17. The summed E-state index contributed by atoms with van der Waals surface area (Å²) in [4.78, 5) is 11.8. The molecule has 2 aromatic carbocycles. The SMILES string of the molecule is CCc1cc(Br)c2c(c1)[C@@H](NC[C@@H](O)[C@H](Cc1cccc(C#N)c1)NC(C)=O)CC(C)(C)O2. The van der Waals surface area contributed by atoms with Crippen molar-refractivity contribution in [2.75, 3.05) is 6.54 Å². The Bertz CT molecular complexity index is 1050. The molecule has 33 heavy (non-hydrogen) atoms. The Labute approximate surface area is 204 Å². The quantitative estimate of drug-likeness (QED) is 0.492. The molecule has 1 amide bonds. The van der Waals surface area contributed by atoms with Crippen LogP contribution in [0.2, 0.25) is 0 Å². The first-order valence-corrected chi connectivity index (χ1v) is 12.1. The third-order valence-electron chi connectivity index (χ3n) is 5.93. The number of carbonyl (C=O) groups excluding carboxylic acids is 1. The molecule has 0 saturated heterocycles. The molecular formula is C26H32BrN3O3. The number of nitrogens with zero attached hydrogens (tertiary/aromatic N) is 1. The van der Waals surface area contributed by atoms with E-state index in [0.717, 1.165) is 34.2 Å². The number of rotatable bonds is 8. The maximum absolute atomic E-state index is 11.8. The summed E-state index contributed by atoms with van der Waals surface area (Å²) in [5, 5.41) is 26.6. The molecule has 1 aliphatic heterocycles. The Morgan fingerprint density at radius 3 is 2.76 bits per heavy atom. The van der Waals surface area contributed by atoms with Crippen LogP contribution in [0.1, 0.15) is 62.4 Å². The van der Waals surface area contributed by atoms with E-state index in [9.17, 15) is 9.90 Å². The Balaban J connectivity index is 1.78. The first-order valence-electron chi connectivity index (χ1n) is 11.3. The third-order valence-corrected chi connectivity index (χ3v) is 6.52. The topological polar surface area (TPSA) is 94.4 Å². The number of halogens is 1. The molecule has 0 spiro atoms. The summed E-state index contributed by atoms with van der Waals surface area (Å²) in [7, 11) is 0. The number of nitriles is 1. The van der Waals surface area contributed by atoms with Gasteiger partial charge in [-0.3, -0.25) is 4.79 Å². The van der Waals surface area contributed by atoms with E-state index in [-0.39, 0.29) is 17.6 Å². The predicted octanol–water partition coefficient (Wildman–Crippen LogP) is 4.18. The molecule has 0 unspecified atom stereocenters. The Morgan fingerprint density at radius 1 is 1.33 bits per heavy atom. The molecule has 0 radical (unpaired) electrons. The van der Waals surface area contributed by atoms with Crippen molar-refractivity contribution in [2.24, 2.45) is 0 Å². The van der Waals surface area contributed by atoms with Crippen LogP contribution in [0.3, 0.4) is 0 Å². The summed E-state index contributed by atoms with van der Waals surface area (Å²) in [5.41, 5.74) is 3.37. The number of fused-ring (bicyclic) bond motifs is 1. The van der Waals surface area contributed by atoms with E-state index in [1.807, 2.05) is 12.1 Å². The lowest BCUT2D eigenvalue weighted by Crippen LogP contribution is -2.49. The summed E-state index contributed by atoms with van der Waals surface area (Å²) in [5.74, 6) is 0.631. The molecule has 1 heterocycles. The standard InChI is InChI=1S/C26H32BrN3O3/c1-5-17-10-20-23(13-26(3,4)33-25(20)21(27)11-17)29-15-24(32)22(30-16(2)31)12-18-7-6-8-19(9-18)14-28/h6-11,22-24,29,32H,5,12-13,15H2,1-4H3,(H,30,31)/t22-,23-,24+/m0/s1. The molecule has 1 aliphatic rings. The van der Waals surface area contributed by atoms with Crippen molar-refractivity contribution in [1.29, 1.82) is 5.26 Å². The molecule has 0 saturated carbocycles. The van der Waals surface area contributed by atoms with Gasteiger partial charge in [0.2, 0.25) is 5.91 Å². The molecule has 3 atom stereocenters. The largest absolute Gasteiger partial charge is 0.486 e. The molecule has 6 nitrogen and oxygen atoms in total. The molecule has 3 N–H and O–H groups in total. The first kappa shape index (κ1) is 25.2. The van der Waals surface area contributed by atoms with Crippen LogP contribution in [-0.4, -0.2) is 35.3 Å². The molecule has 7 heteroatoms. The van der Waals surface area contributed by atoms with Crippen molar-refractivity contribution < 1.29 is 14.6 Å². The van der Waals surface area contributed by atoms with Gasteiger partial charge >= 0.3 is 0 Å². The van der Waals surface area contributed by atoms with Crippen LogP contribution in [0.4, 0.5) is 0 Å². The second-order valence-electron chi connectivity index (χ2n) is 9.27. The van der Waals surface area contributed by atoms with Crippen molar-refractivity contribution >= 4 is 21.8 Å². The van der Waals surface area contributed by atoms with Gasteiger partial charge in [-0.1, -0.05) is 25.1 Å². The normalized spacial score (nSPS) is 18.4. The number of aryl methyl sites for hydroxylation is 1. The molecule has 0 aliphatic carbocycles. The smallest absolute Gasteiger partial charge is 0.217 e. The van der Waals surface area contributed by atoms with Crippen LogP contribution in [0.5, 0.6) is 5.75 Å². The highest BCUT2D eigenvalue weighted by molar-refractivity contribution is 9.10. The van der Waals surface area contributed by atoms with Crippen LogP contribution in [-0.2, 0) is 17.6 Å². The number of amides is 1. The van der Waals surface area contributed by atoms with Gasteiger partial charge in [0.25, 0.3) is 0 Å². The lowest BCUT2D eigenvalue weighted by Gasteiger charge is -2.39. The van der Waals surface area contributed by atoms with E-state index in [1.54, 1.807) is 12.1 Å². The summed E-state index contributed by atoms with van der Waals surface area (Å²) in [6.07, 6.45) is 1.28. The molecule has 0 aromatic heterocycles. The highest BCUT2D eigenvalue weighted by atomic mass is 79.9. The van der Waals surface area contributed by atoms with Crippen molar-refractivity contribution in [2.45, 2.75) is 70.7 Å². The highest BCUT2D eigenvalue weighted by Crippen LogP contribution is 2.44.